The molecule has 0 heterocycles. The first-order chi connectivity index (χ1) is 8.68. The molecule has 0 atom stereocenters. The number of carbonyl (C=O) groups excluding carboxylic acids is 1. The van der Waals surface area contributed by atoms with Crippen molar-refractivity contribution in [2.45, 2.75) is 6.92 Å². The summed E-state index contributed by atoms with van der Waals surface area (Å²) < 4.78 is 0. The number of benzene rings is 2. The molecule has 2 aromatic rings. The zero-order chi connectivity index (χ0) is 13.0. The second-order valence-electron chi connectivity index (χ2n) is 3.96. The molecule has 3 heteroatoms. The Morgan fingerprint density at radius 3 is 2.72 bits per heavy atom. The van der Waals surface area contributed by atoms with Gasteiger partial charge in [0, 0.05) is 23.6 Å². The maximum absolute atomic E-state index is 10.7. The fraction of sp³-hybridized carbons (Fsp3) is 0.133. The van der Waals surface area contributed by atoms with Gasteiger partial charge in [0.2, 0.25) is 5.91 Å². The first kappa shape index (κ1) is 12.0. The molecule has 1 amide bonds. The molecule has 0 saturated carbocycles. The van der Waals surface area contributed by atoms with E-state index in [0.29, 0.717) is 6.54 Å². The van der Waals surface area contributed by atoms with Gasteiger partial charge in [-0.1, -0.05) is 36.1 Å². The molecule has 0 bridgehead atoms. The molecule has 0 aliphatic heterocycles. The van der Waals surface area contributed by atoms with Crippen LogP contribution in [0.1, 0.15) is 12.5 Å². The average Bonchev–Trinajstić information content (AvgIpc) is 2.35. The Kier molecular flexibility index (Phi) is 3.49. The zero-order valence-corrected chi connectivity index (χ0v) is 10.2. The second kappa shape index (κ2) is 5.24. The molecule has 18 heavy (non-hydrogen) atoms. The van der Waals surface area contributed by atoms with E-state index in [1.165, 1.54) is 6.92 Å². The lowest BCUT2D eigenvalue weighted by molar-refractivity contribution is -0.118. The summed E-state index contributed by atoms with van der Waals surface area (Å²) in [7, 11) is 0. The summed E-state index contributed by atoms with van der Waals surface area (Å²) in [4.78, 5) is 10.7. The minimum atomic E-state index is -0.0773. The second-order valence-corrected chi connectivity index (χ2v) is 3.96. The van der Waals surface area contributed by atoms with Crippen LogP contribution in [0, 0.1) is 11.8 Å². The summed E-state index contributed by atoms with van der Waals surface area (Å²) in [5.74, 6) is 5.89. The molecular formula is C15H14N2O. The smallest absolute Gasteiger partial charge is 0.217 e. The molecule has 90 valence electrons. The van der Waals surface area contributed by atoms with Crippen LogP contribution >= 0.6 is 0 Å². The molecule has 2 rings (SSSR count). The molecule has 0 saturated heterocycles. The Hall–Kier alpha value is -2.47. The van der Waals surface area contributed by atoms with Crippen LogP contribution in [-0.2, 0) is 4.79 Å². The van der Waals surface area contributed by atoms with E-state index < -0.39 is 0 Å². The van der Waals surface area contributed by atoms with Crippen LogP contribution in [0.25, 0.3) is 10.8 Å². The van der Waals surface area contributed by atoms with Crippen LogP contribution in [0.4, 0.5) is 5.69 Å². The number of nitrogen functional groups attached to an aromatic ring is 1. The highest BCUT2D eigenvalue weighted by Gasteiger charge is 2.00. The summed E-state index contributed by atoms with van der Waals surface area (Å²) in [5, 5.41) is 4.68. The SMILES string of the molecule is CC(=O)NCC#Cc1cccc2c(N)cccc12. The Balaban J connectivity index is 2.34. The highest BCUT2D eigenvalue weighted by molar-refractivity contribution is 5.96. The number of carbonyl (C=O) groups is 1. The molecule has 0 aromatic heterocycles. The van der Waals surface area contributed by atoms with Crippen molar-refractivity contribution in [3.05, 3.63) is 42.0 Å². The van der Waals surface area contributed by atoms with Gasteiger partial charge >= 0.3 is 0 Å². The number of hydrogen-bond donors (Lipinski definition) is 2. The van der Waals surface area contributed by atoms with Gasteiger partial charge in [0.05, 0.1) is 6.54 Å². The quantitative estimate of drug-likeness (QED) is 0.589. The van der Waals surface area contributed by atoms with Crippen LogP contribution in [-0.4, -0.2) is 12.5 Å². The molecule has 0 spiro atoms. The third-order valence-corrected chi connectivity index (χ3v) is 2.60. The molecule has 0 aliphatic rings. The van der Waals surface area contributed by atoms with Crippen LogP contribution in [0.3, 0.4) is 0 Å². The van der Waals surface area contributed by atoms with E-state index in [2.05, 4.69) is 17.2 Å². The fourth-order valence-electron chi connectivity index (χ4n) is 1.75. The van der Waals surface area contributed by atoms with Crippen molar-refractivity contribution in [3.8, 4) is 11.8 Å². The maximum Gasteiger partial charge on any atom is 0.217 e. The van der Waals surface area contributed by atoms with Crippen molar-refractivity contribution in [3.63, 3.8) is 0 Å². The van der Waals surface area contributed by atoms with Gasteiger partial charge < -0.3 is 11.1 Å². The lowest BCUT2D eigenvalue weighted by Crippen LogP contribution is -2.19. The normalized spacial score (nSPS) is 9.61. The number of rotatable bonds is 1. The van der Waals surface area contributed by atoms with Crippen LogP contribution < -0.4 is 11.1 Å². The summed E-state index contributed by atoms with van der Waals surface area (Å²) in [6, 6.07) is 11.6. The van der Waals surface area contributed by atoms with Crippen molar-refractivity contribution < 1.29 is 4.79 Å². The Morgan fingerprint density at radius 1 is 1.22 bits per heavy atom. The van der Waals surface area contributed by atoms with E-state index in [0.717, 1.165) is 22.0 Å². The minimum absolute atomic E-state index is 0.0773. The zero-order valence-electron chi connectivity index (χ0n) is 10.2. The lowest BCUT2D eigenvalue weighted by atomic mass is 10.0. The van der Waals surface area contributed by atoms with E-state index in [9.17, 15) is 4.79 Å². The number of nitrogens with two attached hydrogens (primary N) is 1. The third kappa shape index (κ3) is 2.61. The first-order valence-corrected chi connectivity index (χ1v) is 5.69. The molecule has 0 fully saturated rings. The summed E-state index contributed by atoms with van der Waals surface area (Å²) >= 11 is 0. The number of nitrogens with one attached hydrogen (secondary N) is 1. The maximum atomic E-state index is 10.7. The van der Waals surface area contributed by atoms with Gasteiger partial charge in [-0.25, -0.2) is 0 Å². The summed E-state index contributed by atoms with van der Waals surface area (Å²) in [6.07, 6.45) is 0. The Labute approximate surface area is 106 Å². The Bertz CT molecular complexity index is 650. The van der Waals surface area contributed by atoms with Crippen molar-refractivity contribution >= 4 is 22.4 Å². The van der Waals surface area contributed by atoms with Crippen LogP contribution in [0.2, 0.25) is 0 Å². The average molecular weight is 238 g/mol. The predicted octanol–water partition coefficient (Wildman–Crippen LogP) is 1.91. The number of hydrogen-bond acceptors (Lipinski definition) is 2. The molecule has 0 unspecified atom stereocenters. The van der Waals surface area contributed by atoms with Crippen LogP contribution in [0.15, 0.2) is 36.4 Å². The van der Waals surface area contributed by atoms with Gasteiger partial charge in [0.25, 0.3) is 0 Å². The molecule has 2 aromatic carbocycles. The van der Waals surface area contributed by atoms with Crippen molar-refractivity contribution in [1.82, 2.24) is 5.32 Å². The van der Waals surface area contributed by atoms with Gasteiger partial charge in [-0.3, -0.25) is 4.79 Å². The number of anilines is 1. The van der Waals surface area contributed by atoms with E-state index in [1.807, 2.05) is 36.4 Å². The fourth-order valence-corrected chi connectivity index (χ4v) is 1.75. The van der Waals surface area contributed by atoms with Crippen LogP contribution in [0.5, 0.6) is 0 Å². The van der Waals surface area contributed by atoms with Crippen molar-refractivity contribution in [2.75, 3.05) is 12.3 Å². The van der Waals surface area contributed by atoms with E-state index >= 15 is 0 Å². The number of fused-ring (bicyclic) bond motifs is 1. The lowest BCUT2D eigenvalue weighted by Gasteiger charge is -2.03. The standard InChI is InChI=1S/C15H14N2O/c1-11(18)17-10-4-6-12-5-2-8-14-13(12)7-3-9-15(14)16/h2-3,5,7-9H,10,16H2,1H3,(H,17,18). The monoisotopic (exact) mass is 238 g/mol. The molecule has 3 N–H and O–H groups in total. The van der Waals surface area contributed by atoms with Gasteiger partial charge in [-0.2, -0.15) is 0 Å². The Morgan fingerprint density at radius 2 is 1.94 bits per heavy atom. The molecule has 0 aliphatic carbocycles. The van der Waals surface area contributed by atoms with Crippen molar-refractivity contribution in [1.29, 1.82) is 0 Å². The molecular weight excluding hydrogens is 224 g/mol. The summed E-state index contributed by atoms with van der Waals surface area (Å²) in [6.45, 7) is 1.83. The summed E-state index contributed by atoms with van der Waals surface area (Å²) in [5.41, 5.74) is 7.58. The highest BCUT2D eigenvalue weighted by atomic mass is 16.1. The van der Waals surface area contributed by atoms with Gasteiger partial charge in [0.15, 0.2) is 0 Å². The highest BCUT2D eigenvalue weighted by Crippen LogP contribution is 2.23. The minimum Gasteiger partial charge on any atom is -0.398 e. The van der Waals surface area contributed by atoms with Gasteiger partial charge in [0.1, 0.15) is 0 Å². The number of amides is 1. The van der Waals surface area contributed by atoms with E-state index in [-0.39, 0.29) is 5.91 Å². The predicted molar refractivity (Wildman–Crippen MR) is 73.9 cm³/mol. The van der Waals surface area contributed by atoms with Gasteiger partial charge in [-0.05, 0) is 17.5 Å². The third-order valence-electron chi connectivity index (χ3n) is 2.60. The largest absolute Gasteiger partial charge is 0.398 e. The van der Waals surface area contributed by atoms with E-state index in [1.54, 1.807) is 0 Å². The van der Waals surface area contributed by atoms with Gasteiger partial charge in [-0.15, -0.1) is 0 Å². The van der Waals surface area contributed by atoms with E-state index in [4.69, 9.17) is 5.73 Å². The van der Waals surface area contributed by atoms with Crippen molar-refractivity contribution in [2.24, 2.45) is 0 Å². The first-order valence-electron chi connectivity index (χ1n) is 5.69. The molecule has 0 radical (unpaired) electrons. The topological polar surface area (TPSA) is 55.1 Å². The molecule has 3 nitrogen and oxygen atoms in total.